The number of hydrogen-bond acceptors (Lipinski definition) is 5. The van der Waals surface area contributed by atoms with E-state index < -0.39 is 12.1 Å². The second-order valence-corrected chi connectivity index (χ2v) is 10.8. The van der Waals surface area contributed by atoms with Gasteiger partial charge in [-0.2, -0.15) is 0 Å². The number of hydrogen-bond donors (Lipinski definition) is 1. The first-order chi connectivity index (χ1) is 18.3. The summed E-state index contributed by atoms with van der Waals surface area (Å²) in [4.78, 5) is 20.7. The van der Waals surface area contributed by atoms with Crippen molar-refractivity contribution in [3.63, 3.8) is 0 Å². The number of benzene rings is 2. The van der Waals surface area contributed by atoms with Crippen LogP contribution in [0.5, 0.6) is 5.75 Å². The van der Waals surface area contributed by atoms with Gasteiger partial charge in [0.25, 0.3) is 0 Å². The number of piperidine rings is 1. The molecule has 38 heavy (non-hydrogen) atoms. The lowest BCUT2D eigenvalue weighted by Crippen LogP contribution is -2.41. The molecular weight excluding hydrogens is 481 g/mol. The molecule has 0 amide bonds. The fourth-order valence-electron chi connectivity index (χ4n) is 5.81. The van der Waals surface area contributed by atoms with Crippen LogP contribution in [0, 0.1) is 5.41 Å². The molecule has 0 spiro atoms. The Hall–Kier alpha value is -3.19. The molecule has 1 N–H and O–H groups in total. The molecular formula is C31H40FN3O3. The highest BCUT2D eigenvalue weighted by atomic mass is 19.1. The van der Waals surface area contributed by atoms with Crippen LogP contribution in [0.2, 0.25) is 0 Å². The lowest BCUT2D eigenvalue weighted by molar-refractivity contribution is -0.141. The maximum atomic E-state index is 16.1. The van der Waals surface area contributed by atoms with E-state index in [0.717, 1.165) is 61.9 Å². The van der Waals surface area contributed by atoms with Gasteiger partial charge in [-0.3, -0.25) is 9.78 Å². The number of rotatable bonds is 12. The quantitative estimate of drug-likeness (QED) is 0.302. The first-order valence-electron chi connectivity index (χ1n) is 13.6. The van der Waals surface area contributed by atoms with E-state index in [9.17, 15) is 9.90 Å². The number of ether oxygens (including phenoxy) is 1. The van der Waals surface area contributed by atoms with Crippen molar-refractivity contribution in [2.45, 2.75) is 51.1 Å². The number of pyridine rings is 1. The SMILES string of the molecule is COc1ccc2ncc(N(C)C)c(C(F)CCC3(CC(=O)O)CCN(CCCc4ccccc4)CC3)c2c1. The molecule has 6 nitrogen and oxygen atoms in total. The number of aryl methyl sites for hydroxylation is 1. The number of carboxylic acids is 1. The fraction of sp³-hybridized carbons (Fsp3) is 0.484. The number of halogens is 1. The van der Waals surface area contributed by atoms with Crippen LogP contribution >= 0.6 is 0 Å². The van der Waals surface area contributed by atoms with Crippen LogP contribution in [-0.4, -0.2) is 61.8 Å². The third kappa shape index (κ3) is 6.81. The summed E-state index contributed by atoms with van der Waals surface area (Å²) >= 11 is 0. The Balaban J connectivity index is 1.44. The van der Waals surface area contributed by atoms with E-state index >= 15 is 4.39 Å². The molecule has 1 fully saturated rings. The van der Waals surface area contributed by atoms with Gasteiger partial charge in [-0.05, 0) is 87.3 Å². The molecule has 0 aliphatic carbocycles. The van der Waals surface area contributed by atoms with Gasteiger partial charge >= 0.3 is 5.97 Å². The molecule has 1 aromatic heterocycles. The zero-order valence-electron chi connectivity index (χ0n) is 22.8. The highest BCUT2D eigenvalue weighted by molar-refractivity contribution is 5.88. The van der Waals surface area contributed by atoms with Crippen molar-refractivity contribution in [1.82, 2.24) is 9.88 Å². The average Bonchev–Trinajstić information content (AvgIpc) is 2.92. The summed E-state index contributed by atoms with van der Waals surface area (Å²) in [6, 6.07) is 16.0. The standard InChI is InChI=1S/C31H40FN3O3/c1-34(2)28-22-33-27-12-11-24(38-3)20-25(27)30(28)26(32)13-14-31(21-29(36)37)15-18-35(19-16-31)17-7-10-23-8-5-4-6-9-23/h4-6,8-9,11-12,20,22,26H,7,10,13-19,21H2,1-3H3,(H,36,37). The van der Waals surface area contributed by atoms with E-state index in [-0.39, 0.29) is 18.3 Å². The van der Waals surface area contributed by atoms with E-state index in [0.29, 0.717) is 17.7 Å². The summed E-state index contributed by atoms with van der Waals surface area (Å²) in [5.74, 6) is -0.142. The number of anilines is 1. The first-order valence-corrected chi connectivity index (χ1v) is 13.6. The van der Waals surface area contributed by atoms with E-state index in [2.05, 4.69) is 34.1 Å². The summed E-state index contributed by atoms with van der Waals surface area (Å²) in [6.45, 7) is 2.72. The zero-order valence-corrected chi connectivity index (χ0v) is 22.8. The van der Waals surface area contributed by atoms with Gasteiger partial charge in [-0.1, -0.05) is 30.3 Å². The largest absolute Gasteiger partial charge is 0.497 e. The Labute approximate surface area is 225 Å². The van der Waals surface area contributed by atoms with Crippen molar-refractivity contribution in [2.24, 2.45) is 5.41 Å². The van der Waals surface area contributed by atoms with E-state index in [1.807, 2.05) is 43.3 Å². The van der Waals surface area contributed by atoms with Crippen molar-refractivity contribution in [1.29, 1.82) is 0 Å². The monoisotopic (exact) mass is 521 g/mol. The molecule has 2 heterocycles. The van der Waals surface area contributed by atoms with Gasteiger partial charge < -0.3 is 19.6 Å². The number of methoxy groups -OCH3 is 1. The number of carboxylic acid groups (broad SMARTS) is 1. The predicted molar refractivity (Wildman–Crippen MR) is 151 cm³/mol. The Morgan fingerprint density at radius 3 is 2.58 bits per heavy atom. The van der Waals surface area contributed by atoms with E-state index in [1.165, 1.54) is 5.56 Å². The predicted octanol–water partition coefficient (Wildman–Crippen LogP) is 6.29. The minimum Gasteiger partial charge on any atom is -0.497 e. The molecule has 1 unspecified atom stereocenters. The van der Waals surface area contributed by atoms with Crippen LogP contribution in [0.15, 0.2) is 54.7 Å². The van der Waals surface area contributed by atoms with Gasteiger partial charge in [0, 0.05) is 25.0 Å². The van der Waals surface area contributed by atoms with Crippen molar-refractivity contribution >= 4 is 22.6 Å². The smallest absolute Gasteiger partial charge is 0.303 e. The number of aliphatic carboxylic acids is 1. The summed E-state index contributed by atoms with van der Waals surface area (Å²) in [6.07, 6.45) is 5.07. The number of nitrogens with zero attached hydrogens (tertiary/aromatic N) is 3. The van der Waals surface area contributed by atoms with Crippen molar-refractivity contribution in [3.05, 3.63) is 65.9 Å². The van der Waals surface area contributed by atoms with E-state index in [4.69, 9.17) is 4.74 Å². The van der Waals surface area contributed by atoms with Crippen LogP contribution in [0.25, 0.3) is 10.9 Å². The minimum atomic E-state index is -1.24. The van der Waals surface area contributed by atoms with E-state index in [1.54, 1.807) is 13.3 Å². The molecule has 1 aliphatic rings. The molecule has 0 saturated carbocycles. The minimum absolute atomic E-state index is 0.0863. The molecule has 0 bridgehead atoms. The zero-order chi connectivity index (χ0) is 27.1. The number of carbonyl (C=O) groups is 1. The van der Waals surface area contributed by atoms with Gasteiger partial charge in [0.2, 0.25) is 0 Å². The molecule has 2 aromatic carbocycles. The Bertz CT molecular complexity index is 1210. The van der Waals surface area contributed by atoms with Gasteiger partial charge in [-0.25, -0.2) is 4.39 Å². The third-order valence-corrected chi connectivity index (χ3v) is 8.04. The first kappa shape index (κ1) is 27.8. The molecule has 204 valence electrons. The summed E-state index contributed by atoms with van der Waals surface area (Å²) in [7, 11) is 5.37. The summed E-state index contributed by atoms with van der Waals surface area (Å²) in [5.41, 5.74) is 3.02. The Morgan fingerprint density at radius 2 is 1.92 bits per heavy atom. The molecule has 1 atom stereocenters. The molecule has 7 heteroatoms. The van der Waals surface area contributed by atoms with Crippen LogP contribution in [0.1, 0.15) is 55.8 Å². The van der Waals surface area contributed by atoms with Crippen LogP contribution in [0.3, 0.4) is 0 Å². The number of aromatic nitrogens is 1. The Morgan fingerprint density at radius 1 is 1.18 bits per heavy atom. The second kappa shape index (κ2) is 12.6. The maximum absolute atomic E-state index is 16.1. The fourth-order valence-corrected chi connectivity index (χ4v) is 5.81. The van der Waals surface area contributed by atoms with Crippen molar-refractivity contribution in [3.8, 4) is 5.75 Å². The average molecular weight is 522 g/mol. The molecule has 1 saturated heterocycles. The molecule has 0 radical (unpaired) electrons. The van der Waals surface area contributed by atoms with Gasteiger partial charge in [0.15, 0.2) is 0 Å². The van der Waals surface area contributed by atoms with Crippen LogP contribution in [-0.2, 0) is 11.2 Å². The number of fused-ring (bicyclic) bond motifs is 1. The van der Waals surface area contributed by atoms with Crippen molar-refractivity contribution in [2.75, 3.05) is 45.7 Å². The molecule has 4 rings (SSSR count). The number of likely N-dealkylation sites (tertiary alicyclic amines) is 1. The lowest BCUT2D eigenvalue weighted by atomic mass is 9.71. The normalized spacial score (nSPS) is 16.3. The highest BCUT2D eigenvalue weighted by Crippen LogP contribution is 2.44. The van der Waals surface area contributed by atoms with Gasteiger partial charge in [-0.15, -0.1) is 0 Å². The molecule has 3 aromatic rings. The van der Waals surface area contributed by atoms with Crippen LogP contribution < -0.4 is 9.64 Å². The summed E-state index contributed by atoms with van der Waals surface area (Å²) in [5, 5.41) is 10.5. The number of alkyl halides is 1. The van der Waals surface area contributed by atoms with Crippen LogP contribution in [0.4, 0.5) is 10.1 Å². The van der Waals surface area contributed by atoms with Gasteiger partial charge in [0.05, 0.1) is 30.9 Å². The van der Waals surface area contributed by atoms with Gasteiger partial charge in [0.1, 0.15) is 11.9 Å². The molecule has 1 aliphatic heterocycles. The summed E-state index contributed by atoms with van der Waals surface area (Å²) < 4.78 is 21.5. The second-order valence-electron chi connectivity index (χ2n) is 10.8. The third-order valence-electron chi connectivity index (χ3n) is 8.04. The topological polar surface area (TPSA) is 65.9 Å². The Kier molecular flexibility index (Phi) is 9.21. The highest BCUT2D eigenvalue weighted by Gasteiger charge is 2.37. The lowest BCUT2D eigenvalue weighted by Gasteiger charge is -2.41. The van der Waals surface area contributed by atoms with Crippen molar-refractivity contribution < 1.29 is 19.0 Å². The maximum Gasteiger partial charge on any atom is 0.303 e.